The van der Waals surface area contributed by atoms with E-state index in [9.17, 15) is 4.79 Å². The van der Waals surface area contributed by atoms with Crippen molar-refractivity contribution in [2.45, 2.75) is 20.0 Å². The van der Waals surface area contributed by atoms with E-state index in [-0.39, 0.29) is 5.91 Å². The molecule has 0 aliphatic carbocycles. The fraction of sp³-hybridized carbons (Fsp3) is 0.188. The first-order valence-electron chi connectivity index (χ1n) is 7.26. The second-order valence-electron chi connectivity index (χ2n) is 5.07. The van der Waals surface area contributed by atoms with Crippen LogP contribution in [0.25, 0.3) is 0 Å². The Bertz CT molecular complexity index is 823. The fourth-order valence-corrected chi connectivity index (χ4v) is 2.40. The summed E-state index contributed by atoms with van der Waals surface area (Å²) in [5, 5.41) is 11.9. The van der Waals surface area contributed by atoms with Gasteiger partial charge in [0.25, 0.3) is 5.91 Å². The zero-order valence-corrected chi connectivity index (χ0v) is 13.4. The molecule has 0 radical (unpaired) electrons. The van der Waals surface area contributed by atoms with E-state index in [1.165, 1.54) is 0 Å². The number of nitrogens with zero attached hydrogens (tertiary/aromatic N) is 4. The molecular formula is C16H16ClN5O. The molecule has 0 aliphatic rings. The number of benzene rings is 1. The third-order valence-corrected chi connectivity index (χ3v) is 3.56. The number of rotatable bonds is 5. The first kappa shape index (κ1) is 15.3. The number of aryl methyl sites for hydroxylation is 1. The number of halogens is 1. The molecular weight excluding hydrogens is 314 g/mol. The summed E-state index contributed by atoms with van der Waals surface area (Å²) in [5.41, 5.74) is 2.05. The van der Waals surface area contributed by atoms with Crippen LogP contribution in [0.15, 0.2) is 48.9 Å². The second kappa shape index (κ2) is 6.66. The summed E-state index contributed by atoms with van der Waals surface area (Å²) in [4.78, 5) is 12.1. The Kier molecular flexibility index (Phi) is 4.43. The highest BCUT2D eigenvalue weighted by Gasteiger charge is 2.10. The van der Waals surface area contributed by atoms with Gasteiger partial charge in [0.15, 0.2) is 5.69 Å². The van der Waals surface area contributed by atoms with Crippen molar-refractivity contribution in [2.75, 3.05) is 5.32 Å². The first-order chi connectivity index (χ1) is 11.1. The van der Waals surface area contributed by atoms with Crippen LogP contribution in [-0.2, 0) is 13.1 Å². The Morgan fingerprint density at radius 1 is 1.30 bits per heavy atom. The molecule has 0 aliphatic heterocycles. The molecule has 0 atom stereocenters. The van der Waals surface area contributed by atoms with Crippen LogP contribution in [-0.4, -0.2) is 25.5 Å². The lowest BCUT2D eigenvalue weighted by molar-refractivity contribution is 0.102. The van der Waals surface area contributed by atoms with Gasteiger partial charge in [-0.05, 0) is 30.7 Å². The van der Waals surface area contributed by atoms with Gasteiger partial charge in [-0.15, -0.1) is 0 Å². The van der Waals surface area contributed by atoms with Gasteiger partial charge in [-0.2, -0.15) is 10.2 Å². The van der Waals surface area contributed by atoms with Crippen molar-refractivity contribution in [1.82, 2.24) is 19.6 Å². The monoisotopic (exact) mass is 329 g/mol. The minimum absolute atomic E-state index is 0.250. The lowest BCUT2D eigenvalue weighted by Gasteiger charge is -2.02. The zero-order chi connectivity index (χ0) is 16.2. The average molecular weight is 330 g/mol. The molecule has 0 unspecified atom stereocenters. The summed E-state index contributed by atoms with van der Waals surface area (Å²) in [5.74, 6) is -0.250. The van der Waals surface area contributed by atoms with E-state index < -0.39 is 0 Å². The molecule has 118 valence electrons. The van der Waals surface area contributed by atoms with E-state index in [0.29, 0.717) is 22.9 Å². The van der Waals surface area contributed by atoms with Gasteiger partial charge in [0.1, 0.15) is 0 Å². The van der Waals surface area contributed by atoms with Gasteiger partial charge in [0.2, 0.25) is 0 Å². The molecule has 2 aromatic heterocycles. The quantitative estimate of drug-likeness (QED) is 0.782. The van der Waals surface area contributed by atoms with E-state index in [0.717, 1.165) is 12.1 Å². The first-order valence-corrected chi connectivity index (χ1v) is 7.63. The van der Waals surface area contributed by atoms with Crippen LogP contribution < -0.4 is 5.32 Å². The third-order valence-electron chi connectivity index (χ3n) is 3.32. The number of carbonyl (C=O) groups is 1. The normalized spacial score (nSPS) is 10.7. The molecule has 0 saturated heterocycles. The van der Waals surface area contributed by atoms with Gasteiger partial charge in [-0.3, -0.25) is 14.2 Å². The molecule has 23 heavy (non-hydrogen) atoms. The molecule has 0 spiro atoms. The summed E-state index contributed by atoms with van der Waals surface area (Å²) in [6.07, 6.45) is 5.16. The largest absolute Gasteiger partial charge is 0.318 e. The number of aromatic nitrogens is 4. The summed E-state index contributed by atoms with van der Waals surface area (Å²) in [6.45, 7) is 3.28. The Hall–Kier alpha value is -2.60. The predicted octanol–water partition coefficient (Wildman–Crippen LogP) is 3.05. The summed E-state index contributed by atoms with van der Waals surface area (Å²) < 4.78 is 3.45. The maximum Gasteiger partial charge on any atom is 0.276 e. The summed E-state index contributed by atoms with van der Waals surface area (Å²) >= 11 is 5.97. The summed E-state index contributed by atoms with van der Waals surface area (Å²) in [7, 11) is 0. The Morgan fingerprint density at radius 2 is 2.17 bits per heavy atom. The van der Waals surface area contributed by atoms with Gasteiger partial charge < -0.3 is 5.32 Å². The Morgan fingerprint density at radius 3 is 2.91 bits per heavy atom. The highest BCUT2D eigenvalue weighted by molar-refractivity contribution is 6.30. The van der Waals surface area contributed by atoms with Gasteiger partial charge >= 0.3 is 0 Å². The molecule has 0 fully saturated rings. The molecule has 3 aromatic rings. The summed E-state index contributed by atoms with van der Waals surface area (Å²) in [6, 6.07) is 9.28. The number of hydrogen-bond donors (Lipinski definition) is 1. The standard InChI is InChI=1S/C16H16ClN5O/c1-2-21-7-6-15(20-21)16(23)19-14-9-18-22(11-14)10-12-4-3-5-13(17)8-12/h3-9,11H,2,10H2,1H3,(H,19,23). The van der Waals surface area contributed by atoms with E-state index in [1.54, 1.807) is 34.0 Å². The SMILES string of the molecule is CCn1ccc(C(=O)Nc2cnn(Cc3cccc(Cl)c3)c2)n1. The number of hydrogen-bond acceptors (Lipinski definition) is 3. The van der Waals surface area contributed by atoms with Crippen molar-refractivity contribution in [3.8, 4) is 0 Å². The fourth-order valence-electron chi connectivity index (χ4n) is 2.19. The highest BCUT2D eigenvalue weighted by atomic mass is 35.5. The zero-order valence-electron chi connectivity index (χ0n) is 12.6. The molecule has 0 bridgehead atoms. The smallest absolute Gasteiger partial charge is 0.276 e. The molecule has 6 nitrogen and oxygen atoms in total. The maximum atomic E-state index is 12.1. The van der Waals surface area contributed by atoms with Crippen molar-refractivity contribution < 1.29 is 4.79 Å². The van der Waals surface area contributed by atoms with E-state index in [2.05, 4.69) is 15.5 Å². The second-order valence-corrected chi connectivity index (χ2v) is 5.50. The molecule has 1 N–H and O–H groups in total. The molecule has 7 heteroatoms. The van der Waals surface area contributed by atoms with Crippen molar-refractivity contribution in [2.24, 2.45) is 0 Å². The minimum Gasteiger partial charge on any atom is -0.318 e. The topological polar surface area (TPSA) is 64.7 Å². The van der Waals surface area contributed by atoms with Gasteiger partial charge in [0.05, 0.1) is 18.4 Å². The van der Waals surface area contributed by atoms with Crippen LogP contribution in [0, 0.1) is 0 Å². The van der Waals surface area contributed by atoms with Gasteiger partial charge in [0, 0.05) is 24.0 Å². The van der Waals surface area contributed by atoms with Crippen molar-refractivity contribution in [3.63, 3.8) is 0 Å². The third kappa shape index (κ3) is 3.78. The van der Waals surface area contributed by atoms with Crippen LogP contribution in [0.2, 0.25) is 5.02 Å². The van der Waals surface area contributed by atoms with E-state index in [4.69, 9.17) is 11.6 Å². The Labute approximate surface area is 138 Å². The number of carbonyl (C=O) groups excluding carboxylic acids is 1. The molecule has 0 saturated carbocycles. The lowest BCUT2D eigenvalue weighted by atomic mass is 10.2. The predicted molar refractivity (Wildman–Crippen MR) is 88.6 cm³/mol. The van der Waals surface area contributed by atoms with Gasteiger partial charge in [-0.25, -0.2) is 0 Å². The minimum atomic E-state index is -0.250. The number of nitrogens with one attached hydrogen (secondary N) is 1. The van der Waals surface area contributed by atoms with Crippen LogP contribution in [0.5, 0.6) is 0 Å². The number of amides is 1. The lowest BCUT2D eigenvalue weighted by Crippen LogP contribution is -2.13. The molecule has 1 aromatic carbocycles. The van der Waals surface area contributed by atoms with Crippen molar-refractivity contribution in [1.29, 1.82) is 0 Å². The van der Waals surface area contributed by atoms with Gasteiger partial charge in [-0.1, -0.05) is 23.7 Å². The molecule has 1 amide bonds. The van der Waals surface area contributed by atoms with E-state index in [1.807, 2.05) is 31.2 Å². The van der Waals surface area contributed by atoms with Crippen molar-refractivity contribution in [3.05, 3.63) is 65.2 Å². The Balaban J connectivity index is 1.66. The molecule has 3 rings (SSSR count). The van der Waals surface area contributed by atoms with Crippen molar-refractivity contribution >= 4 is 23.2 Å². The number of anilines is 1. The van der Waals surface area contributed by atoms with Crippen LogP contribution >= 0.6 is 11.6 Å². The average Bonchev–Trinajstić information content (AvgIpc) is 3.16. The molecule has 2 heterocycles. The van der Waals surface area contributed by atoms with Crippen LogP contribution in [0.4, 0.5) is 5.69 Å². The highest BCUT2D eigenvalue weighted by Crippen LogP contribution is 2.13. The van der Waals surface area contributed by atoms with Crippen LogP contribution in [0.3, 0.4) is 0 Å². The van der Waals surface area contributed by atoms with E-state index >= 15 is 0 Å². The van der Waals surface area contributed by atoms with Crippen LogP contribution in [0.1, 0.15) is 23.0 Å². The maximum absolute atomic E-state index is 12.1.